The summed E-state index contributed by atoms with van der Waals surface area (Å²) in [5, 5.41) is 13.2. The number of para-hydroxylation sites is 1. The van der Waals surface area contributed by atoms with Gasteiger partial charge < -0.3 is 0 Å². The van der Waals surface area contributed by atoms with E-state index in [0.29, 0.717) is 4.46 Å². The van der Waals surface area contributed by atoms with Gasteiger partial charge in [-0.3, -0.25) is 0 Å². The number of hydrogen-bond acceptors (Lipinski definition) is 6. The third-order valence-corrected chi connectivity index (χ3v) is 6.71. The molecule has 1 saturated carbocycles. The first-order valence-corrected chi connectivity index (χ1v) is 10.8. The minimum atomic E-state index is -3.21. The third kappa shape index (κ3) is 5.63. The van der Waals surface area contributed by atoms with Crippen LogP contribution in [0.4, 0.5) is 19.3 Å². The van der Waals surface area contributed by atoms with Crippen molar-refractivity contribution in [1.82, 2.24) is 5.32 Å². The van der Waals surface area contributed by atoms with Crippen molar-refractivity contribution in [1.29, 1.82) is 0 Å². The van der Waals surface area contributed by atoms with Crippen LogP contribution in [0.2, 0.25) is 5.32 Å². The van der Waals surface area contributed by atoms with Crippen molar-refractivity contribution >= 4 is 37.2 Å². The molecule has 0 bridgehead atoms. The summed E-state index contributed by atoms with van der Waals surface area (Å²) in [6.07, 6.45) is -1.00. The van der Waals surface area contributed by atoms with Gasteiger partial charge in [0.25, 0.3) is 0 Å². The molecule has 0 aromatic heterocycles. The summed E-state index contributed by atoms with van der Waals surface area (Å²) < 4.78 is 38.9. The van der Waals surface area contributed by atoms with Crippen molar-refractivity contribution in [2.75, 3.05) is 7.11 Å². The van der Waals surface area contributed by atoms with Gasteiger partial charge in [0.1, 0.15) is 0 Å². The Morgan fingerprint density at radius 3 is 2.52 bits per heavy atom. The second-order valence-corrected chi connectivity index (χ2v) is 9.72. The van der Waals surface area contributed by atoms with Crippen LogP contribution in [0.25, 0.3) is 0 Å². The summed E-state index contributed by atoms with van der Waals surface area (Å²) in [5.74, 6) is -6.88. The third-order valence-electron chi connectivity index (χ3n) is 4.23. The second-order valence-electron chi connectivity index (χ2n) is 7.49. The number of hydrogen-bond donors (Lipinski definition) is 1. The van der Waals surface area contributed by atoms with Gasteiger partial charge in [0.2, 0.25) is 0 Å². The number of rotatable bonds is 7. The zero-order valence-corrected chi connectivity index (χ0v) is 18.0. The molecule has 0 heterocycles. The Hall–Kier alpha value is -2.26. The van der Waals surface area contributed by atoms with Crippen LogP contribution < -0.4 is 9.78 Å². The van der Waals surface area contributed by atoms with E-state index in [-0.39, 0.29) is 11.0 Å². The molecule has 3 atom stereocenters. The van der Waals surface area contributed by atoms with E-state index < -0.39 is 61.3 Å². The summed E-state index contributed by atoms with van der Waals surface area (Å²) in [5.41, 5.74) is -0.990. The monoisotopic (exact) mass is 480 g/mol. The van der Waals surface area contributed by atoms with Crippen LogP contribution in [0.3, 0.4) is 0 Å². The van der Waals surface area contributed by atoms with Gasteiger partial charge in [0, 0.05) is 0 Å². The Morgan fingerprint density at radius 1 is 1.34 bits per heavy atom. The van der Waals surface area contributed by atoms with Gasteiger partial charge in [0.05, 0.1) is 0 Å². The first-order valence-electron chi connectivity index (χ1n) is 8.70. The number of nitro benzene ring substituents is 1. The number of alkyl carbamates (subject to hydrolysis) is 1. The number of halogens is 2. The minimum absolute atomic E-state index is 0.0288. The summed E-state index contributed by atoms with van der Waals surface area (Å²) in [7, 11) is 1.04. The van der Waals surface area contributed by atoms with Crippen LogP contribution in [0.1, 0.15) is 20.8 Å². The van der Waals surface area contributed by atoms with E-state index in [9.17, 15) is 28.5 Å². The van der Waals surface area contributed by atoms with Gasteiger partial charge in [-0.15, -0.1) is 0 Å². The molecule has 11 heteroatoms. The second kappa shape index (κ2) is 8.62. The molecule has 0 saturated heterocycles. The molecule has 29 heavy (non-hydrogen) atoms. The maximum absolute atomic E-state index is 14.4. The van der Waals surface area contributed by atoms with E-state index in [1.807, 2.05) is 0 Å². The van der Waals surface area contributed by atoms with Crippen LogP contribution >= 0.6 is 0 Å². The molecule has 1 aliphatic rings. The van der Waals surface area contributed by atoms with Crippen LogP contribution in [0.5, 0.6) is 0 Å². The van der Waals surface area contributed by atoms with E-state index >= 15 is 0 Å². The predicted molar refractivity (Wildman–Crippen MR) is 100 cm³/mol. The van der Waals surface area contributed by atoms with Crippen LogP contribution in [-0.2, 0) is 14.3 Å². The number of nitrogens with one attached hydrogen (secondary N) is 1. The van der Waals surface area contributed by atoms with Crippen LogP contribution in [0, 0.1) is 22.0 Å². The molecule has 0 unspecified atom stereocenters. The Morgan fingerprint density at radius 2 is 1.97 bits per heavy atom. The fraction of sp³-hybridized carbons (Fsp3) is 0.556. The SMILES string of the molecule is COC(=O)[C@@H](NC(=O)OC(C)(C)C)[C@@H]1[C@H](C[Se]c2ccccc2[N+](=O)[O-])C1(F)F. The maximum atomic E-state index is 14.4. The van der Waals surface area contributed by atoms with Gasteiger partial charge in [-0.1, -0.05) is 0 Å². The molecule has 0 aliphatic heterocycles. The van der Waals surface area contributed by atoms with Crippen LogP contribution in [-0.4, -0.2) is 56.6 Å². The average molecular weight is 479 g/mol. The van der Waals surface area contributed by atoms with Gasteiger partial charge in [-0.25, -0.2) is 0 Å². The number of benzene rings is 1. The normalized spacial score (nSPS) is 21.0. The number of nitro groups is 1. The Labute approximate surface area is 172 Å². The molecule has 160 valence electrons. The number of amides is 1. The first-order chi connectivity index (χ1) is 13.4. The first kappa shape index (κ1) is 23.0. The molecular weight excluding hydrogens is 457 g/mol. The Bertz CT molecular complexity index is 799. The number of esters is 1. The Balaban J connectivity index is 2.12. The fourth-order valence-corrected chi connectivity index (χ4v) is 5.48. The average Bonchev–Trinajstić information content (AvgIpc) is 3.16. The Kier molecular flexibility index (Phi) is 6.85. The number of nitrogens with zero attached hydrogens (tertiary/aromatic N) is 1. The zero-order valence-electron chi connectivity index (χ0n) is 16.3. The van der Waals surface area contributed by atoms with E-state index in [1.54, 1.807) is 26.8 Å². The molecule has 1 aliphatic carbocycles. The van der Waals surface area contributed by atoms with Crippen molar-refractivity contribution in [3.05, 3.63) is 34.4 Å². The zero-order chi connectivity index (χ0) is 22.0. The van der Waals surface area contributed by atoms with Crippen molar-refractivity contribution in [2.24, 2.45) is 11.8 Å². The topological polar surface area (TPSA) is 108 Å². The molecule has 2 rings (SSSR count). The quantitative estimate of drug-likeness (QED) is 0.278. The number of methoxy groups -OCH3 is 1. The molecule has 1 aromatic carbocycles. The van der Waals surface area contributed by atoms with Gasteiger partial charge in [0.15, 0.2) is 0 Å². The van der Waals surface area contributed by atoms with Crippen molar-refractivity contribution in [3.8, 4) is 0 Å². The van der Waals surface area contributed by atoms with E-state index in [2.05, 4.69) is 10.1 Å². The predicted octanol–water partition coefficient (Wildman–Crippen LogP) is 2.29. The van der Waals surface area contributed by atoms with Crippen molar-refractivity contribution < 1.29 is 32.8 Å². The number of ether oxygens (including phenoxy) is 2. The molecule has 8 nitrogen and oxygen atoms in total. The number of carbonyl (C=O) groups is 2. The van der Waals surface area contributed by atoms with E-state index in [4.69, 9.17) is 4.74 Å². The standard InChI is InChI=1S/C18H22F2N2O6Se/c1-17(2,3)28-16(24)21-14(15(23)27-4)13-10(18(13,19)20)9-29-12-8-6-5-7-11(12)22(25)26/h5-8,10,13-14H,9H2,1-4H3,(H,21,24)/t10-,13-,14-/m0/s1. The molecule has 0 radical (unpaired) electrons. The summed E-state index contributed by atoms with van der Waals surface area (Å²) >= 11 is -0.612. The molecular formula is C18H22F2N2O6Se. The van der Waals surface area contributed by atoms with Crippen LogP contribution in [0.15, 0.2) is 24.3 Å². The molecule has 1 N–H and O–H groups in total. The molecule has 0 spiro atoms. The van der Waals surface area contributed by atoms with Crippen molar-refractivity contribution in [2.45, 2.75) is 43.7 Å². The van der Waals surface area contributed by atoms with E-state index in [0.717, 1.165) is 7.11 Å². The van der Waals surface area contributed by atoms with Gasteiger partial charge in [-0.05, 0) is 0 Å². The number of alkyl halides is 2. The summed E-state index contributed by atoms with van der Waals surface area (Å²) in [4.78, 5) is 34.6. The fourth-order valence-electron chi connectivity index (χ4n) is 2.85. The van der Waals surface area contributed by atoms with Gasteiger partial charge >= 0.3 is 172 Å². The summed E-state index contributed by atoms with van der Waals surface area (Å²) in [6.45, 7) is 4.80. The summed E-state index contributed by atoms with van der Waals surface area (Å²) in [6, 6.07) is 4.39. The molecule has 1 aromatic rings. The molecule has 1 fully saturated rings. The van der Waals surface area contributed by atoms with Gasteiger partial charge in [-0.2, -0.15) is 0 Å². The number of carbonyl (C=O) groups excluding carboxylic acids is 2. The van der Waals surface area contributed by atoms with E-state index in [1.165, 1.54) is 18.2 Å². The molecule has 1 amide bonds. The van der Waals surface area contributed by atoms with Crippen molar-refractivity contribution in [3.63, 3.8) is 0 Å².